The zero-order valence-corrected chi connectivity index (χ0v) is 16.7. The van der Waals surface area contributed by atoms with Crippen molar-refractivity contribution in [2.75, 3.05) is 11.1 Å². The van der Waals surface area contributed by atoms with Crippen molar-refractivity contribution in [3.05, 3.63) is 71.5 Å². The van der Waals surface area contributed by atoms with E-state index < -0.39 is 0 Å². The van der Waals surface area contributed by atoms with Crippen LogP contribution in [0.15, 0.2) is 59.8 Å². The maximum atomic E-state index is 12.4. The van der Waals surface area contributed by atoms with Crippen molar-refractivity contribution in [3.8, 4) is 6.07 Å². The van der Waals surface area contributed by atoms with Crippen LogP contribution >= 0.6 is 11.8 Å². The molecule has 6 nitrogen and oxygen atoms in total. The highest BCUT2D eigenvalue weighted by Crippen LogP contribution is 2.40. The van der Waals surface area contributed by atoms with Crippen LogP contribution in [-0.2, 0) is 17.8 Å². The second-order valence-corrected chi connectivity index (χ2v) is 8.00. The standard InChI is InChI=1S/C22H21N5OS/c23-13-12-16-6-10-19(11-7-16)24-20(28)15-29-22-26-25-21(18-8-9-18)27(22)14-17-4-2-1-3-5-17/h1-7,10-11,18H,8-9,12,14-15H2,(H,24,28). The van der Waals surface area contributed by atoms with Gasteiger partial charge in [-0.2, -0.15) is 5.26 Å². The largest absolute Gasteiger partial charge is 0.325 e. The van der Waals surface area contributed by atoms with Crippen molar-refractivity contribution in [2.45, 2.75) is 36.9 Å². The number of carbonyl (C=O) groups is 1. The molecule has 1 fully saturated rings. The summed E-state index contributed by atoms with van der Waals surface area (Å²) in [5.74, 6) is 1.67. The smallest absolute Gasteiger partial charge is 0.234 e. The fourth-order valence-corrected chi connectivity index (χ4v) is 3.83. The van der Waals surface area contributed by atoms with Gasteiger partial charge >= 0.3 is 0 Å². The highest BCUT2D eigenvalue weighted by Gasteiger charge is 2.30. The molecule has 1 aliphatic carbocycles. The predicted molar refractivity (Wildman–Crippen MR) is 113 cm³/mol. The van der Waals surface area contributed by atoms with Crippen LogP contribution in [0.1, 0.15) is 35.7 Å². The van der Waals surface area contributed by atoms with Crippen LogP contribution in [-0.4, -0.2) is 26.4 Å². The van der Waals surface area contributed by atoms with Gasteiger partial charge in [-0.05, 0) is 36.1 Å². The van der Waals surface area contributed by atoms with Crippen molar-refractivity contribution in [1.82, 2.24) is 14.8 Å². The van der Waals surface area contributed by atoms with Gasteiger partial charge < -0.3 is 9.88 Å². The molecule has 0 radical (unpaired) electrons. The van der Waals surface area contributed by atoms with Gasteiger partial charge in [-0.1, -0.05) is 54.2 Å². The van der Waals surface area contributed by atoms with E-state index in [1.54, 1.807) is 0 Å². The first-order valence-corrected chi connectivity index (χ1v) is 10.6. The average molecular weight is 404 g/mol. The van der Waals surface area contributed by atoms with Crippen LogP contribution in [0, 0.1) is 11.3 Å². The van der Waals surface area contributed by atoms with E-state index in [4.69, 9.17) is 5.26 Å². The van der Waals surface area contributed by atoms with Gasteiger partial charge in [-0.15, -0.1) is 10.2 Å². The molecule has 146 valence electrons. The molecule has 3 aromatic rings. The molecule has 7 heteroatoms. The molecule has 1 aromatic heterocycles. The van der Waals surface area contributed by atoms with E-state index in [2.05, 4.69) is 38.3 Å². The summed E-state index contributed by atoms with van der Waals surface area (Å²) in [5.41, 5.74) is 2.85. The number of amides is 1. The summed E-state index contributed by atoms with van der Waals surface area (Å²) >= 11 is 1.41. The number of nitrogens with one attached hydrogen (secondary N) is 1. The van der Waals surface area contributed by atoms with Gasteiger partial charge in [0.2, 0.25) is 5.91 Å². The highest BCUT2D eigenvalue weighted by molar-refractivity contribution is 7.99. The molecule has 1 N–H and O–H groups in total. The summed E-state index contributed by atoms with van der Waals surface area (Å²) < 4.78 is 2.14. The lowest BCUT2D eigenvalue weighted by molar-refractivity contribution is -0.113. The number of benzene rings is 2. The highest BCUT2D eigenvalue weighted by atomic mass is 32.2. The monoisotopic (exact) mass is 403 g/mol. The van der Waals surface area contributed by atoms with E-state index in [9.17, 15) is 4.79 Å². The van der Waals surface area contributed by atoms with Gasteiger partial charge in [0.1, 0.15) is 5.82 Å². The first-order valence-electron chi connectivity index (χ1n) is 9.58. The number of hydrogen-bond donors (Lipinski definition) is 1. The van der Waals surface area contributed by atoms with Crippen LogP contribution < -0.4 is 5.32 Å². The second kappa shape index (κ2) is 8.93. The molecule has 0 saturated heterocycles. The van der Waals surface area contributed by atoms with Gasteiger partial charge in [0.15, 0.2) is 5.16 Å². The van der Waals surface area contributed by atoms with Gasteiger partial charge in [0, 0.05) is 11.6 Å². The molecule has 4 rings (SSSR count). The Labute approximate surface area is 174 Å². The van der Waals surface area contributed by atoms with Crippen LogP contribution in [0.5, 0.6) is 0 Å². The Kier molecular flexibility index (Phi) is 5.92. The average Bonchev–Trinajstić information content (AvgIpc) is 3.51. The van der Waals surface area contributed by atoms with Gasteiger partial charge in [-0.3, -0.25) is 4.79 Å². The van der Waals surface area contributed by atoms with E-state index in [0.717, 1.165) is 35.1 Å². The molecule has 0 spiro atoms. The minimum Gasteiger partial charge on any atom is -0.325 e. The molecule has 0 atom stereocenters. The van der Waals surface area contributed by atoms with Gasteiger partial charge in [0.25, 0.3) is 0 Å². The second-order valence-electron chi connectivity index (χ2n) is 7.06. The van der Waals surface area contributed by atoms with Crippen LogP contribution in [0.3, 0.4) is 0 Å². The normalized spacial score (nSPS) is 13.1. The number of aromatic nitrogens is 3. The summed E-state index contributed by atoms with van der Waals surface area (Å²) in [5, 5.41) is 21.1. The third kappa shape index (κ3) is 5.04. The third-order valence-electron chi connectivity index (χ3n) is 4.72. The summed E-state index contributed by atoms with van der Waals surface area (Å²) in [6, 6.07) is 19.7. The van der Waals surface area contributed by atoms with E-state index in [1.807, 2.05) is 42.5 Å². The maximum Gasteiger partial charge on any atom is 0.234 e. The van der Waals surface area contributed by atoms with E-state index >= 15 is 0 Å². The Morgan fingerprint density at radius 1 is 1.10 bits per heavy atom. The molecule has 0 aliphatic heterocycles. The Bertz CT molecular complexity index is 1020. The topological polar surface area (TPSA) is 83.6 Å². The van der Waals surface area contributed by atoms with E-state index in [-0.39, 0.29) is 11.7 Å². The zero-order chi connectivity index (χ0) is 20.1. The molecule has 1 amide bonds. The first kappa shape index (κ1) is 19.2. The Morgan fingerprint density at radius 2 is 1.86 bits per heavy atom. The number of hydrogen-bond acceptors (Lipinski definition) is 5. The van der Waals surface area contributed by atoms with Crippen LogP contribution in [0.4, 0.5) is 5.69 Å². The fourth-order valence-electron chi connectivity index (χ4n) is 3.09. The minimum absolute atomic E-state index is 0.0923. The molecule has 2 aromatic carbocycles. The molecule has 0 unspecified atom stereocenters. The summed E-state index contributed by atoms with van der Waals surface area (Å²) in [4.78, 5) is 12.4. The third-order valence-corrected chi connectivity index (χ3v) is 5.69. The van der Waals surface area contributed by atoms with Crippen molar-refractivity contribution in [3.63, 3.8) is 0 Å². The van der Waals surface area contributed by atoms with E-state index in [1.165, 1.54) is 17.3 Å². The Hall–Kier alpha value is -3.11. The lowest BCUT2D eigenvalue weighted by atomic mass is 10.1. The van der Waals surface area contributed by atoms with Crippen LogP contribution in [0.2, 0.25) is 0 Å². The number of thioether (sulfide) groups is 1. The molecule has 1 heterocycles. The molecule has 1 aliphatic rings. The molecular formula is C22H21N5OS. The molecule has 0 bridgehead atoms. The SMILES string of the molecule is N#CCc1ccc(NC(=O)CSc2nnc(C3CC3)n2Cc2ccccc2)cc1. The number of nitrogens with zero attached hydrogens (tertiary/aromatic N) is 4. The fraction of sp³-hybridized carbons (Fsp3) is 0.273. The lowest BCUT2D eigenvalue weighted by Gasteiger charge is -2.10. The number of carbonyl (C=O) groups excluding carboxylic acids is 1. The number of rotatable bonds is 8. The summed E-state index contributed by atoms with van der Waals surface area (Å²) in [6.45, 7) is 0.712. The minimum atomic E-state index is -0.0923. The number of anilines is 1. The van der Waals surface area contributed by atoms with Gasteiger partial charge in [-0.25, -0.2) is 0 Å². The summed E-state index contributed by atoms with van der Waals surface area (Å²) in [7, 11) is 0. The molecule has 1 saturated carbocycles. The van der Waals surface area contributed by atoms with Crippen LogP contribution in [0.25, 0.3) is 0 Å². The summed E-state index contributed by atoms with van der Waals surface area (Å²) in [6.07, 6.45) is 2.67. The molecule has 29 heavy (non-hydrogen) atoms. The van der Waals surface area contributed by atoms with Gasteiger partial charge in [0.05, 0.1) is 24.8 Å². The van der Waals surface area contributed by atoms with Crippen molar-refractivity contribution in [1.29, 1.82) is 5.26 Å². The Balaban J connectivity index is 1.40. The first-order chi connectivity index (χ1) is 14.2. The maximum absolute atomic E-state index is 12.4. The molecular weight excluding hydrogens is 382 g/mol. The van der Waals surface area contributed by atoms with Crippen molar-refractivity contribution >= 4 is 23.4 Å². The lowest BCUT2D eigenvalue weighted by Crippen LogP contribution is -2.15. The Morgan fingerprint density at radius 3 is 2.55 bits per heavy atom. The van der Waals surface area contributed by atoms with Crippen molar-refractivity contribution < 1.29 is 4.79 Å². The number of nitriles is 1. The van der Waals surface area contributed by atoms with E-state index in [0.29, 0.717) is 18.9 Å². The quantitative estimate of drug-likeness (QED) is 0.575. The van der Waals surface area contributed by atoms with Crippen molar-refractivity contribution in [2.24, 2.45) is 0 Å². The predicted octanol–water partition coefficient (Wildman–Crippen LogP) is 4.00. The zero-order valence-electron chi connectivity index (χ0n) is 15.9.